The molecule has 0 amide bonds. The van der Waals surface area contributed by atoms with Crippen LogP contribution in [0.5, 0.6) is 0 Å². The van der Waals surface area contributed by atoms with Crippen molar-refractivity contribution < 1.29 is 27.5 Å². The first-order valence-electron chi connectivity index (χ1n) is 6.03. The minimum Gasteiger partial charge on any atom is -0.469 e. The van der Waals surface area contributed by atoms with Gasteiger partial charge in [-0.1, -0.05) is 0 Å². The first-order chi connectivity index (χ1) is 8.90. The molecule has 0 aromatic carbocycles. The highest BCUT2D eigenvalue weighted by Gasteiger charge is 2.31. The summed E-state index contributed by atoms with van der Waals surface area (Å²) < 4.78 is 34.3. The van der Waals surface area contributed by atoms with Crippen LogP contribution in [0.25, 0.3) is 0 Å². The molecule has 0 radical (unpaired) electrons. The predicted octanol–water partition coefficient (Wildman–Crippen LogP) is -0.236. The molecule has 1 aliphatic rings. The molecule has 1 aliphatic heterocycles. The maximum atomic E-state index is 12.0. The van der Waals surface area contributed by atoms with Crippen molar-refractivity contribution in [2.45, 2.75) is 19.3 Å². The SMILES string of the molecule is COC(=O)CCS(=O)(=O)N1CCC(C(=O)OC)CC1. The average molecular weight is 293 g/mol. The number of nitrogens with zero attached hydrogens (tertiary/aromatic N) is 1. The quantitative estimate of drug-likeness (QED) is 0.650. The number of carbonyl (C=O) groups excluding carboxylic acids is 2. The summed E-state index contributed by atoms with van der Waals surface area (Å²) in [5, 5.41) is 0. The Balaban J connectivity index is 2.49. The summed E-state index contributed by atoms with van der Waals surface area (Å²) in [6.07, 6.45) is 0.740. The van der Waals surface area contributed by atoms with Gasteiger partial charge in [0.1, 0.15) is 0 Å². The number of piperidine rings is 1. The molecule has 0 N–H and O–H groups in total. The lowest BCUT2D eigenvalue weighted by molar-refractivity contribution is -0.146. The molecule has 0 aliphatic carbocycles. The predicted molar refractivity (Wildman–Crippen MR) is 66.7 cm³/mol. The lowest BCUT2D eigenvalue weighted by Crippen LogP contribution is -2.41. The van der Waals surface area contributed by atoms with Crippen LogP contribution in [-0.2, 0) is 29.1 Å². The summed E-state index contributed by atoms with van der Waals surface area (Å²) in [6.45, 7) is 0.562. The van der Waals surface area contributed by atoms with Gasteiger partial charge in [-0.2, -0.15) is 0 Å². The number of carbonyl (C=O) groups is 2. The van der Waals surface area contributed by atoms with E-state index in [0.29, 0.717) is 12.8 Å². The Labute approximate surface area is 112 Å². The fourth-order valence-electron chi connectivity index (χ4n) is 1.98. The van der Waals surface area contributed by atoms with Gasteiger partial charge in [-0.05, 0) is 12.8 Å². The van der Waals surface area contributed by atoms with Crippen molar-refractivity contribution >= 4 is 22.0 Å². The average Bonchev–Trinajstić information content (AvgIpc) is 2.44. The highest BCUT2D eigenvalue weighted by molar-refractivity contribution is 7.89. The second kappa shape index (κ2) is 6.85. The molecule has 0 aromatic rings. The monoisotopic (exact) mass is 293 g/mol. The largest absolute Gasteiger partial charge is 0.469 e. The molecule has 0 spiro atoms. The van der Waals surface area contributed by atoms with Gasteiger partial charge in [0.2, 0.25) is 10.0 Å². The summed E-state index contributed by atoms with van der Waals surface area (Å²) in [4.78, 5) is 22.3. The van der Waals surface area contributed by atoms with Crippen LogP contribution in [0.3, 0.4) is 0 Å². The summed E-state index contributed by atoms with van der Waals surface area (Å²) in [5.41, 5.74) is 0. The Morgan fingerprint density at radius 3 is 2.21 bits per heavy atom. The Kier molecular flexibility index (Phi) is 5.74. The molecule has 110 valence electrons. The van der Waals surface area contributed by atoms with Crippen molar-refractivity contribution in [2.75, 3.05) is 33.1 Å². The number of hydrogen-bond donors (Lipinski definition) is 0. The lowest BCUT2D eigenvalue weighted by Gasteiger charge is -2.29. The van der Waals surface area contributed by atoms with Gasteiger partial charge in [0.25, 0.3) is 0 Å². The molecule has 0 aromatic heterocycles. The molecular weight excluding hydrogens is 274 g/mol. The molecular formula is C11H19NO6S. The standard InChI is InChI=1S/C11H19NO6S/c1-17-10(13)5-8-19(15,16)12-6-3-9(4-7-12)11(14)18-2/h9H,3-8H2,1-2H3. The normalized spacial score (nSPS) is 18.0. The fourth-order valence-corrected chi connectivity index (χ4v) is 3.43. The van der Waals surface area contributed by atoms with Crippen LogP contribution < -0.4 is 0 Å². The van der Waals surface area contributed by atoms with E-state index in [1.807, 2.05) is 0 Å². The Hall–Kier alpha value is -1.15. The third-order valence-electron chi connectivity index (χ3n) is 3.17. The highest BCUT2D eigenvalue weighted by Crippen LogP contribution is 2.21. The molecule has 8 heteroatoms. The summed E-state index contributed by atoms with van der Waals surface area (Å²) in [5.74, 6) is -1.35. The van der Waals surface area contributed by atoms with Crippen LogP contribution in [0.2, 0.25) is 0 Å². The molecule has 0 atom stereocenters. The molecule has 0 unspecified atom stereocenters. The highest BCUT2D eigenvalue weighted by atomic mass is 32.2. The third-order valence-corrected chi connectivity index (χ3v) is 5.05. The van der Waals surface area contributed by atoms with Crippen LogP contribution in [0.1, 0.15) is 19.3 Å². The van der Waals surface area contributed by atoms with Gasteiger partial charge in [-0.15, -0.1) is 0 Å². The van der Waals surface area contributed by atoms with E-state index >= 15 is 0 Å². The van der Waals surface area contributed by atoms with E-state index in [4.69, 9.17) is 0 Å². The smallest absolute Gasteiger partial charge is 0.308 e. The number of esters is 2. The van der Waals surface area contributed by atoms with Crippen molar-refractivity contribution in [3.8, 4) is 0 Å². The van der Waals surface area contributed by atoms with Gasteiger partial charge in [0.05, 0.1) is 32.3 Å². The molecule has 1 saturated heterocycles. The van der Waals surface area contributed by atoms with Gasteiger partial charge >= 0.3 is 11.9 Å². The van der Waals surface area contributed by atoms with Crippen molar-refractivity contribution in [2.24, 2.45) is 5.92 Å². The lowest BCUT2D eigenvalue weighted by atomic mass is 9.99. The second-order valence-corrected chi connectivity index (χ2v) is 6.43. The van der Waals surface area contributed by atoms with Crippen LogP contribution >= 0.6 is 0 Å². The van der Waals surface area contributed by atoms with Crippen LogP contribution in [0.4, 0.5) is 0 Å². The molecule has 19 heavy (non-hydrogen) atoms. The number of sulfonamides is 1. The zero-order valence-corrected chi connectivity index (χ0v) is 11.9. The van der Waals surface area contributed by atoms with Gasteiger partial charge in [0, 0.05) is 13.1 Å². The van der Waals surface area contributed by atoms with E-state index in [-0.39, 0.29) is 37.2 Å². The minimum atomic E-state index is -3.46. The fraction of sp³-hybridized carbons (Fsp3) is 0.818. The zero-order chi connectivity index (χ0) is 14.5. The zero-order valence-electron chi connectivity index (χ0n) is 11.1. The summed E-state index contributed by atoms with van der Waals surface area (Å²) in [6, 6.07) is 0. The van der Waals surface area contributed by atoms with Gasteiger partial charge < -0.3 is 9.47 Å². The van der Waals surface area contributed by atoms with E-state index in [1.165, 1.54) is 18.5 Å². The summed E-state index contributed by atoms with van der Waals surface area (Å²) >= 11 is 0. The van der Waals surface area contributed by atoms with E-state index in [1.54, 1.807) is 0 Å². The van der Waals surface area contributed by atoms with Gasteiger partial charge in [-0.3, -0.25) is 9.59 Å². The van der Waals surface area contributed by atoms with Crippen molar-refractivity contribution in [3.05, 3.63) is 0 Å². The van der Waals surface area contributed by atoms with Gasteiger partial charge in [0.15, 0.2) is 0 Å². The number of methoxy groups -OCH3 is 2. The van der Waals surface area contributed by atoms with E-state index < -0.39 is 16.0 Å². The van der Waals surface area contributed by atoms with Crippen LogP contribution in [0.15, 0.2) is 0 Å². The second-order valence-electron chi connectivity index (χ2n) is 4.34. The first kappa shape index (κ1) is 15.9. The van der Waals surface area contributed by atoms with Crippen molar-refractivity contribution in [1.29, 1.82) is 0 Å². The van der Waals surface area contributed by atoms with E-state index in [2.05, 4.69) is 9.47 Å². The third kappa shape index (κ3) is 4.46. The van der Waals surface area contributed by atoms with Crippen LogP contribution in [0, 0.1) is 5.92 Å². The summed E-state index contributed by atoms with van der Waals surface area (Å²) in [7, 11) is -0.924. The Morgan fingerprint density at radius 2 is 1.74 bits per heavy atom. The maximum Gasteiger partial charge on any atom is 0.308 e. The molecule has 0 saturated carbocycles. The van der Waals surface area contributed by atoms with Crippen molar-refractivity contribution in [3.63, 3.8) is 0 Å². The van der Waals surface area contributed by atoms with E-state index in [9.17, 15) is 18.0 Å². The Bertz CT molecular complexity index is 424. The van der Waals surface area contributed by atoms with E-state index in [0.717, 1.165) is 0 Å². The van der Waals surface area contributed by atoms with Crippen LogP contribution in [-0.4, -0.2) is 57.7 Å². The number of ether oxygens (including phenoxy) is 2. The molecule has 1 rings (SSSR count). The topological polar surface area (TPSA) is 90.0 Å². The minimum absolute atomic E-state index is 0.157. The molecule has 0 bridgehead atoms. The molecule has 1 heterocycles. The maximum absolute atomic E-state index is 12.0. The van der Waals surface area contributed by atoms with Gasteiger partial charge in [-0.25, -0.2) is 12.7 Å². The molecule has 7 nitrogen and oxygen atoms in total. The van der Waals surface area contributed by atoms with Crippen molar-refractivity contribution in [1.82, 2.24) is 4.31 Å². The first-order valence-corrected chi connectivity index (χ1v) is 7.64. The molecule has 1 fully saturated rings. The number of rotatable bonds is 5. The number of hydrogen-bond acceptors (Lipinski definition) is 6. The Morgan fingerprint density at radius 1 is 1.16 bits per heavy atom.